The molecule has 0 aromatic carbocycles. The first-order chi connectivity index (χ1) is 10.0. The molecule has 2 N–H and O–H groups in total. The van der Waals surface area contributed by atoms with Gasteiger partial charge in [-0.1, -0.05) is 19.8 Å². The van der Waals surface area contributed by atoms with Crippen molar-refractivity contribution in [1.29, 1.82) is 0 Å². The van der Waals surface area contributed by atoms with Crippen molar-refractivity contribution in [2.75, 3.05) is 26.2 Å². The largest absolute Gasteiger partial charge is 0.450 e. The Balaban J connectivity index is 1.72. The van der Waals surface area contributed by atoms with Gasteiger partial charge < -0.3 is 20.1 Å². The lowest BCUT2D eigenvalue weighted by Crippen LogP contribution is -2.50. The maximum atomic E-state index is 11.7. The fraction of sp³-hybridized carbons (Fsp3) is 0.938. The lowest BCUT2D eigenvalue weighted by Gasteiger charge is -2.40. The van der Waals surface area contributed by atoms with Crippen LogP contribution in [0.3, 0.4) is 0 Å². The lowest BCUT2D eigenvalue weighted by atomic mass is 9.73. The molecule has 0 spiro atoms. The molecule has 1 amide bonds. The number of nitrogens with one attached hydrogen (secondary N) is 1. The Kier molecular flexibility index (Phi) is 5.88. The number of rotatable bonds is 4. The summed E-state index contributed by atoms with van der Waals surface area (Å²) in [7, 11) is 0. The molecule has 0 radical (unpaired) electrons. The number of aliphatic hydroxyl groups is 1. The summed E-state index contributed by atoms with van der Waals surface area (Å²) in [6.45, 7) is 6.86. The van der Waals surface area contributed by atoms with Crippen molar-refractivity contribution in [2.45, 2.75) is 64.5 Å². The number of ether oxygens (including phenoxy) is 1. The topological polar surface area (TPSA) is 61.8 Å². The maximum Gasteiger partial charge on any atom is 0.409 e. The molecular weight excluding hydrogens is 268 g/mol. The highest BCUT2D eigenvalue weighted by atomic mass is 16.6. The minimum Gasteiger partial charge on any atom is -0.450 e. The molecule has 5 nitrogen and oxygen atoms in total. The Hall–Kier alpha value is -0.810. The van der Waals surface area contributed by atoms with Gasteiger partial charge in [-0.2, -0.15) is 0 Å². The molecule has 1 aliphatic carbocycles. The van der Waals surface area contributed by atoms with E-state index in [2.05, 4.69) is 12.2 Å². The van der Waals surface area contributed by atoms with Crippen molar-refractivity contribution in [1.82, 2.24) is 10.2 Å². The van der Waals surface area contributed by atoms with E-state index < -0.39 is 0 Å². The van der Waals surface area contributed by atoms with Crippen LogP contribution < -0.4 is 5.32 Å². The van der Waals surface area contributed by atoms with Gasteiger partial charge in [0.25, 0.3) is 0 Å². The van der Waals surface area contributed by atoms with Crippen LogP contribution in [0.15, 0.2) is 0 Å². The third-order valence-electron chi connectivity index (χ3n) is 5.10. The van der Waals surface area contributed by atoms with Crippen molar-refractivity contribution in [3.05, 3.63) is 0 Å². The molecule has 5 heteroatoms. The zero-order valence-corrected chi connectivity index (χ0v) is 13.4. The van der Waals surface area contributed by atoms with Crippen molar-refractivity contribution in [3.63, 3.8) is 0 Å². The van der Waals surface area contributed by atoms with Gasteiger partial charge in [-0.15, -0.1) is 0 Å². The van der Waals surface area contributed by atoms with Gasteiger partial charge in [-0.25, -0.2) is 4.79 Å². The van der Waals surface area contributed by atoms with Gasteiger partial charge in [-0.3, -0.25) is 0 Å². The predicted molar refractivity (Wildman–Crippen MR) is 82.2 cm³/mol. The molecule has 0 aromatic rings. The second-order valence-electron chi connectivity index (χ2n) is 6.76. The summed E-state index contributed by atoms with van der Waals surface area (Å²) in [4.78, 5) is 13.4. The Bertz CT molecular complexity index is 342. The van der Waals surface area contributed by atoms with E-state index in [0.29, 0.717) is 12.6 Å². The second kappa shape index (κ2) is 7.45. The molecule has 2 fully saturated rings. The summed E-state index contributed by atoms with van der Waals surface area (Å²) in [6.07, 6.45) is 5.95. The van der Waals surface area contributed by atoms with Gasteiger partial charge in [0, 0.05) is 31.1 Å². The summed E-state index contributed by atoms with van der Waals surface area (Å²) in [5, 5.41) is 13.8. The number of aliphatic hydroxyl groups excluding tert-OH is 1. The average molecular weight is 298 g/mol. The van der Waals surface area contributed by atoms with Gasteiger partial charge in [0.05, 0.1) is 12.7 Å². The fourth-order valence-corrected chi connectivity index (χ4v) is 3.45. The number of likely N-dealkylation sites (tertiary alicyclic amines) is 1. The summed E-state index contributed by atoms with van der Waals surface area (Å²) >= 11 is 0. The third kappa shape index (κ3) is 4.33. The monoisotopic (exact) mass is 298 g/mol. The Morgan fingerprint density at radius 2 is 2.05 bits per heavy atom. The smallest absolute Gasteiger partial charge is 0.409 e. The molecule has 2 aliphatic rings. The van der Waals surface area contributed by atoms with E-state index in [9.17, 15) is 9.90 Å². The Morgan fingerprint density at radius 1 is 1.33 bits per heavy atom. The maximum absolute atomic E-state index is 11.7. The van der Waals surface area contributed by atoms with Crippen LogP contribution in [0.5, 0.6) is 0 Å². The van der Waals surface area contributed by atoms with E-state index in [4.69, 9.17) is 4.74 Å². The number of nitrogens with zero attached hydrogens (tertiary/aromatic N) is 1. The highest BCUT2D eigenvalue weighted by Crippen LogP contribution is 2.35. The fourth-order valence-electron chi connectivity index (χ4n) is 3.45. The molecule has 2 rings (SSSR count). The van der Waals surface area contributed by atoms with Crippen LogP contribution in [0.4, 0.5) is 4.79 Å². The lowest BCUT2D eigenvalue weighted by molar-refractivity contribution is -0.00159. The number of amides is 1. The first-order valence-electron chi connectivity index (χ1n) is 8.38. The van der Waals surface area contributed by atoms with Gasteiger partial charge in [0.2, 0.25) is 0 Å². The molecule has 122 valence electrons. The SMILES string of the molecule is CCOC(=O)N1CCC(NCC2(C)CCCCC2O)CC1. The molecule has 0 bridgehead atoms. The van der Waals surface area contributed by atoms with Crippen molar-refractivity contribution < 1.29 is 14.6 Å². The van der Waals surface area contributed by atoms with Crippen LogP contribution in [0.25, 0.3) is 0 Å². The predicted octanol–water partition coefficient (Wildman–Crippen LogP) is 2.14. The number of carbonyl (C=O) groups is 1. The molecule has 2 atom stereocenters. The van der Waals surface area contributed by atoms with Crippen molar-refractivity contribution in [3.8, 4) is 0 Å². The molecule has 1 aliphatic heterocycles. The van der Waals surface area contributed by atoms with Gasteiger partial charge in [-0.05, 0) is 32.6 Å². The number of carbonyl (C=O) groups excluding carboxylic acids is 1. The highest BCUT2D eigenvalue weighted by Gasteiger charge is 2.36. The molecule has 0 aromatic heterocycles. The molecule has 1 saturated carbocycles. The van der Waals surface area contributed by atoms with E-state index in [0.717, 1.165) is 51.7 Å². The van der Waals surface area contributed by atoms with Crippen molar-refractivity contribution >= 4 is 6.09 Å². The van der Waals surface area contributed by atoms with Crippen LogP contribution in [-0.4, -0.2) is 54.5 Å². The highest BCUT2D eigenvalue weighted by molar-refractivity contribution is 5.67. The van der Waals surface area contributed by atoms with Crippen LogP contribution >= 0.6 is 0 Å². The second-order valence-corrected chi connectivity index (χ2v) is 6.76. The summed E-state index contributed by atoms with van der Waals surface area (Å²) < 4.78 is 5.04. The standard InChI is InChI=1S/C16H30N2O3/c1-3-21-15(20)18-10-7-13(8-11-18)17-12-16(2)9-5-4-6-14(16)19/h13-14,17,19H,3-12H2,1-2H3. The Morgan fingerprint density at radius 3 is 2.67 bits per heavy atom. The molecule has 1 heterocycles. The van der Waals surface area contributed by atoms with E-state index in [1.807, 2.05) is 6.92 Å². The normalized spacial score (nSPS) is 31.2. The minimum atomic E-state index is -0.189. The van der Waals surface area contributed by atoms with E-state index in [1.54, 1.807) is 4.90 Å². The first kappa shape index (κ1) is 16.6. The molecular formula is C16H30N2O3. The van der Waals surface area contributed by atoms with Crippen LogP contribution in [0, 0.1) is 5.41 Å². The first-order valence-corrected chi connectivity index (χ1v) is 8.38. The van der Waals surface area contributed by atoms with E-state index >= 15 is 0 Å². The average Bonchev–Trinajstić information content (AvgIpc) is 2.49. The van der Waals surface area contributed by atoms with Crippen LogP contribution in [-0.2, 0) is 4.74 Å². The Labute approximate surface area is 128 Å². The third-order valence-corrected chi connectivity index (χ3v) is 5.10. The van der Waals surface area contributed by atoms with Crippen LogP contribution in [0.2, 0.25) is 0 Å². The molecule has 21 heavy (non-hydrogen) atoms. The zero-order valence-electron chi connectivity index (χ0n) is 13.4. The van der Waals surface area contributed by atoms with Gasteiger partial charge in [0.1, 0.15) is 0 Å². The van der Waals surface area contributed by atoms with E-state index in [1.165, 1.54) is 6.42 Å². The number of hydrogen-bond acceptors (Lipinski definition) is 4. The van der Waals surface area contributed by atoms with E-state index in [-0.39, 0.29) is 17.6 Å². The summed E-state index contributed by atoms with van der Waals surface area (Å²) in [5.41, 5.74) is 0.0104. The summed E-state index contributed by atoms with van der Waals surface area (Å²) in [6, 6.07) is 0.446. The summed E-state index contributed by atoms with van der Waals surface area (Å²) in [5.74, 6) is 0. The number of hydrogen-bond donors (Lipinski definition) is 2. The van der Waals surface area contributed by atoms with Gasteiger partial charge in [0.15, 0.2) is 0 Å². The minimum absolute atomic E-state index is 0.0104. The van der Waals surface area contributed by atoms with Gasteiger partial charge >= 0.3 is 6.09 Å². The quantitative estimate of drug-likeness (QED) is 0.835. The zero-order chi connectivity index (χ0) is 15.3. The molecule has 1 saturated heterocycles. The molecule has 2 unspecified atom stereocenters. The number of piperidine rings is 1. The van der Waals surface area contributed by atoms with Crippen LogP contribution in [0.1, 0.15) is 52.4 Å². The van der Waals surface area contributed by atoms with Crippen molar-refractivity contribution in [2.24, 2.45) is 5.41 Å².